The van der Waals surface area contributed by atoms with Crippen LogP contribution in [0.25, 0.3) is 4.85 Å². The van der Waals surface area contributed by atoms with E-state index >= 15 is 0 Å². The van der Waals surface area contributed by atoms with Crippen LogP contribution in [0.5, 0.6) is 5.75 Å². The molecule has 0 saturated heterocycles. The normalized spacial score (nSPS) is 23.7. The molecule has 46 heavy (non-hydrogen) atoms. The van der Waals surface area contributed by atoms with Gasteiger partial charge in [0, 0.05) is 16.5 Å². The third kappa shape index (κ3) is 8.77. The SMILES string of the molecule is [C-]#[N+]/C(C#N)=C1\Sc2c(C)cc(C(C)(C)C)c(OC(=O)C3CCC(C4CCC(C(=O)OCCCCOC(=O)C=C)CC4)CC3)c2S1. The number of esters is 3. The summed E-state index contributed by atoms with van der Waals surface area (Å²) in [6.07, 6.45) is 9.63. The number of nitriles is 1. The Morgan fingerprint density at radius 3 is 2.02 bits per heavy atom. The highest BCUT2D eigenvalue weighted by Gasteiger charge is 2.37. The van der Waals surface area contributed by atoms with E-state index in [-0.39, 0.29) is 34.9 Å². The van der Waals surface area contributed by atoms with E-state index in [1.165, 1.54) is 23.5 Å². The van der Waals surface area contributed by atoms with Gasteiger partial charge < -0.3 is 14.2 Å². The highest BCUT2D eigenvalue weighted by atomic mass is 32.2. The van der Waals surface area contributed by atoms with Gasteiger partial charge in [-0.05, 0) is 93.9 Å². The maximum atomic E-state index is 13.6. The quantitative estimate of drug-likeness (QED) is 0.0606. The molecule has 8 nitrogen and oxygen atoms in total. The molecule has 4 rings (SSSR count). The molecule has 0 N–H and O–H groups in total. The molecule has 0 atom stereocenters. The van der Waals surface area contributed by atoms with Crippen LogP contribution in [0.4, 0.5) is 0 Å². The third-order valence-electron chi connectivity index (χ3n) is 9.26. The number of allylic oxidation sites excluding steroid dienone is 1. The minimum absolute atomic E-state index is 0.0557. The molecule has 0 radical (unpaired) electrons. The van der Waals surface area contributed by atoms with Crippen LogP contribution in [-0.2, 0) is 29.3 Å². The minimum Gasteiger partial charge on any atom is -0.465 e. The standard InChI is InChI=1S/C36H44N2O6S2/c1-7-29(39)42-18-8-9-19-43-33(40)25-14-10-23(11-15-25)24-12-16-26(17-13-24)34(41)44-30-27(36(3,4)5)20-22(2)31-32(30)46-35(45-31)28(21-37)38-6/h7,20,23-26H,1,8-19H2,2-5H3/b35-28+. The zero-order valence-electron chi connectivity index (χ0n) is 27.3. The molecule has 1 heterocycles. The van der Waals surface area contributed by atoms with Gasteiger partial charge in [-0.25, -0.2) is 14.9 Å². The number of rotatable bonds is 10. The topological polar surface area (TPSA) is 107 Å². The second-order valence-electron chi connectivity index (χ2n) is 13.4. The fourth-order valence-electron chi connectivity index (χ4n) is 6.61. The Kier molecular flexibility index (Phi) is 12.4. The van der Waals surface area contributed by atoms with Crippen molar-refractivity contribution in [1.29, 1.82) is 5.26 Å². The van der Waals surface area contributed by atoms with Crippen LogP contribution in [-0.4, -0.2) is 31.1 Å². The molecule has 0 spiro atoms. The van der Waals surface area contributed by atoms with E-state index in [2.05, 4.69) is 38.3 Å². The van der Waals surface area contributed by atoms with Crippen LogP contribution in [0.15, 0.2) is 38.4 Å². The molecule has 1 aromatic carbocycles. The molecule has 0 bridgehead atoms. The van der Waals surface area contributed by atoms with Crippen molar-refractivity contribution in [2.24, 2.45) is 23.7 Å². The zero-order valence-corrected chi connectivity index (χ0v) is 28.9. The molecule has 0 aromatic heterocycles. The fourth-order valence-corrected chi connectivity index (χ4v) is 9.18. The monoisotopic (exact) mass is 664 g/mol. The van der Waals surface area contributed by atoms with Gasteiger partial charge in [-0.3, -0.25) is 9.59 Å². The zero-order chi connectivity index (χ0) is 33.4. The van der Waals surface area contributed by atoms with Crippen molar-refractivity contribution >= 4 is 41.4 Å². The lowest BCUT2D eigenvalue weighted by molar-refractivity contribution is -0.151. The molecule has 2 saturated carbocycles. The Morgan fingerprint density at radius 1 is 0.957 bits per heavy atom. The van der Waals surface area contributed by atoms with Crippen molar-refractivity contribution in [3.05, 3.63) is 51.2 Å². The largest absolute Gasteiger partial charge is 0.465 e. The predicted octanol–water partition coefficient (Wildman–Crippen LogP) is 8.67. The lowest BCUT2D eigenvalue weighted by atomic mass is 9.69. The summed E-state index contributed by atoms with van der Waals surface area (Å²) in [6.45, 7) is 19.7. The first-order valence-electron chi connectivity index (χ1n) is 16.2. The van der Waals surface area contributed by atoms with Gasteiger partial charge in [0.15, 0.2) is 0 Å². The first kappa shape index (κ1) is 35.6. The summed E-state index contributed by atoms with van der Waals surface area (Å²) in [4.78, 5) is 42.5. The van der Waals surface area contributed by atoms with Gasteiger partial charge in [-0.2, -0.15) is 0 Å². The van der Waals surface area contributed by atoms with Gasteiger partial charge in [-0.15, -0.1) is 0 Å². The van der Waals surface area contributed by atoms with Crippen molar-refractivity contribution < 1.29 is 28.6 Å². The lowest BCUT2D eigenvalue weighted by Crippen LogP contribution is -2.32. The van der Waals surface area contributed by atoms with Crippen molar-refractivity contribution in [3.8, 4) is 11.8 Å². The highest BCUT2D eigenvalue weighted by molar-refractivity contribution is 8.24. The van der Waals surface area contributed by atoms with Gasteiger partial charge in [0.05, 0.1) is 46.8 Å². The van der Waals surface area contributed by atoms with Gasteiger partial charge in [0.1, 0.15) is 5.75 Å². The third-order valence-corrected chi connectivity index (χ3v) is 12.0. The molecule has 0 unspecified atom stereocenters. The van der Waals surface area contributed by atoms with Crippen molar-refractivity contribution in [2.75, 3.05) is 13.2 Å². The molecular weight excluding hydrogens is 621 g/mol. The van der Waals surface area contributed by atoms with E-state index in [1.807, 2.05) is 13.0 Å². The number of ether oxygens (including phenoxy) is 3. The minimum atomic E-state index is -0.442. The molecule has 2 fully saturated rings. The summed E-state index contributed by atoms with van der Waals surface area (Å²) >= 11 is 2.77. The predicted molar refractivity (Wildman–Crippen MR) is 179 cm³/mol. The number of carbonyl (C=O) groups is 3. The van der Waals surface area contributed by atoms with Crippen molar-refractivity contribution in [1.82, 2.24) is 0 Å². The highest BCUT2D eigenvalue weighted by Crippen LogP contribution is 2.59. The molecule has 3 aliphatic rings. The van der Waals surface area contributed by atoms with E-state index in [1.54, 1.807) is 0 Å². The van der Waals surface area contributed by atoms with Crippen LogP contribution in [0.2, 0.25) is 0 Å². The second-order valence-corrected chi connectivity index (χ2v) is 15.7. The van der Waals surface area contributed by atoms with Crippen LogP contribution in [0, 0.1) is 48.5 Å². The van der Waals surface area contributed by atoms with Gasteiger partial charge in [0.2, 0.25) is 0 Å². The molecular formula is C36H44N2O6S2. The Hall–Kier alpha value is -3.21. The number of aryl methyl sites for hydroxylation is 1. The number of hydrogen-bond donors (Lipinski definition) is 0. The average molecular weight is 665 g/mol. The lowest BCUT2D eigenvalue weighted by Gasteiger charge is -2.37. The molecule has 246 valence electrons. The maximum Gasteiger partial charge on any atom is 0.330 e. The summed E-state index contributed by atoms with van der Waals surface area (Å²) in [5, 5.41) is 9.46. The van der Waals surface area contributed by atoms with E-state index < -0.39 is 5.97 Å². The van der Waals surface area contributed by atoms with Crippen molar-refractivity contribution in [3.63, 3.8) is 0 Å². The second kappa shape index (κ2) is 16.1. The summed E-state index contributed by atoms with van der Waals surface area (Å²) < 4.78 is 17.3. The first-order valence-corrected chi connectivity index (χ1v) is 17.8. The molecule has 2 aliphatic carbocycles. The van der Waals surface area contributed by atoms with Crippen LogP contribution in [0.1, 0.15) is 96.1 Å². The number of thioether (sulfide) groups is 2. The summed E-state index contributed by atoms with van der Waals surface area (Å²) in [7, 11) is 0. The number of fused-ring (bicyclic) bond motifs is 1. The van der Waals surface area contributed by atoms with Crippen molar-refractivity contribution in [2.45, 2.75) is 107 Å². The van der Waals surface area contributed by atoms with E-state index in [4.69, 9.17) is 20.8 Å². The van der Waals surface area contributed by atoms with E-state index in [0.717, 1.165) is 78.4 Å². The van der Waals surface area contributed by atoms with Gasteiger partial charge >= 0.3 is 17.9 Å². The fraction of sp³-hybridized carbons (Fsp3) is 0.583. The number of carbonyl (C=O) groups excluding carboxylic acids is 3. The molecule has 10 heteroatoms. The maximum absolute atomic E-state index is 13.6. The molecule has 0 amide bonds. The Balaban J connectivity index is 1.28. The van der Waals surface area contributed by atoms with Gasteiger partial charge in [-0.1, -0.05) is 56.9 Å². The first-order chi connectivity index (χ1) is 22.0. The summed E-state index contributed by atoms with van der Waals surface area (Å²) in [5.74, 6) is 0.685. The van der Waals surface area contributed by atoms with Crippen LogP contribution in [0.3, 0.4) is 0 Å². The number of unbranched alkanes of at least 4 members (excludes halogenated alkanes) is 1. The summed E-state index contributed by atoms with van der Waals surface area (Å²) in [6, 6.07) is 4.08. The van der Waals surface area contributed by atoms with Crippen LogP contribution < -0.4 is 4.74 Å². The number of hydrogen-bond acceptors (Lipinski definition) is 9. The molecule has 1 aliphatic heterocycles. The van der Waals surface area contributed by atoms with Gasteiger partial charge in [0.25, 0.3) is 5.70 Å². The van der Waals surface area contributed by atoms with E-state index in [0.29, 0.717) is 47.9 Å². The average Bonchev–Trinajstić information content (AvgIpc) is 3.50. The smallest absolute Gasteiger partial charge is 0.330 e. The number of benzene rings is 1. The number of nitrogens with zero attached hydrogens (tertiary/aromatic N) is 2. The molecule has 1 aromatic rings. The Bertz CT molecular complexity index is 1430. The summed E-state index contributed by atoms with van der Waals surface area (Å²) in [5.41, 5.74) is 1.79. The Labute approximate surface area is 281 Å². The van der Waals surface area contributed by atoms with E-state index in [9.17, 15) is 19.6 Å². The Morgan fingerprint density at radius 2 is 1.50 bits per heavy atom. The van der Waals surface area contributed by atoms with Crippen LogP contribution >= 0.6 is 23.5 Å².